The predicted octanol–water partition coefficient (Wildman–Crippen LogP) is 5.55. The molecule has 1 aliphatic rings. The number of imide groups is 2. The summed E-state index contributed by atoms with van der Waals surface area (Å²) in [5.41, 5.74) is 0.776. The molecule has 36 heavy (non-hydrogen) atoms. The van der Waals surface area contributed by atoms with E-state index in [1.54, 1.807) is 66.7 Å². The van der Waals surface area contributed by atoms with E-state index in [4.69, 9.17) is 16.3 Å². The zero-order chi connectivity index (χ0) is 25.8. The highest BCUT2D eigenvalue weighted by atomic mass is 79.9. The summed E-state index contributed by atoms with van der Waals surface area (Å²) in [4.78, 5) is 51.5. The van der Waals surface area contributed by atoms with Crippen molar-refractivity contribution in [2.45, 2.75) is 0 Å². The minimum Gasteiger partial charge on any atom is -0.482 e. The number of carbonyl (C=O) groups is 4. The van der Waals surface area contributed by atoms with Gasteiger partial charge in [0.15, 0.2) is 6.61 Å². The van der Waals surface area contributed by atoms with Crippen molar-refractivity contribution < 1.29 is 23.9 Å². The number of nitrogens with one attached hydrogen (secondary N) is 2. The first-order valence-corrected chi connectivity index (χ1v) is 12.3. The molecule has 2 N–H and O–H groups in total. The minimum atomic E-state index is -0.851. The van der Waals surface area contributed by atoms with Gasteiger partial charge in [0.2, 0.25) is 0 Å². The van der Waals surface area contributed by atoms with Crippen molar-refractivity contribution in [3.05, 3.63) is 91.8 Å². The molecular formula is C25H16Br2ClN3O5. The van der Waals surface area contributed by atoms with Gasteiger partial charge in [-0.1, -0.05) is 57.9 Å². The molecule has 182 valence electrons. The van der Waals surface area contributed by atoms with Crippen LogP contribution in [0.1, 0.15) is 5.56 Å². The van der Waals surface area contributed by atoms with E-state index in [1.165, 1.54) is 6.08 Å². The maximum absolute atomic E-state index is 13.2. The third-order valence-electron chi connectivity index (χ3n) is 4.95. The van der Waals surface area contributed by atoms with Gasteiger partial charge in [-0.25, -0.2) is 9.69 Å². The molecule has 0 saturated carbocycles. The van der Waals surface area contributed by atoms with Crippen LogP contribution in [0, 0.1) is 0 Å². The summed E-state index contributed by atoms with van der Waals surface area (Å²) in [5.74, 6) is -1.91. The lowest BCUT2D eigenvalue weighted by Crippen LogP contribution is -2.54. The van der Waals surface area contributed by atoms with E-state index in [1.807, 2.05) is 0 Å². The number of barbiturate groups is 1. The number of carbonyl (C=O) groups excluding carboxylic acids is 4. The number of nitrogens with zero attached hydrogens (tertiary/aromatic N) is 1. The predicted molar refractivity (Wildman–Crippen MR) is 143 cm³/mol. The number of rotatable bonds is 6. The number of hydrogen-bond acceptors (Lipinski definition) is 5. The lowest BCUT2D eigenvalue weighted by molar-refractivity contribution is -0.122. The van der Waals surface area contributed by atoms with Crippen LogP contribution in [0.5, 0.6) is 5.75 Å². The van der Waals surface area contributed by atoms with Crippen LogP contribution in [0.4, 0.5) is 16.2 Å². The fourth-order valence-corrected chi connectivity index (χ4v) is 4.91. The second-order valence-corrected chi connectivity index (χ2v) is 9.59. The average Bonchev–Trinajstić information content (AvgIpc) is 2.83. The van der Waals surface area contributed by atoms with Crippen molar-refractivity contribution in [3.8, 4) is 5.75 Å². The second-order valence-electron chi connectivity index (χ2n) is 7.42. The highest BCUT2D eigenvalue weighted by Crippen LogP contribution is 2.35. The Morgan fingerprint density at radius 1 is 1.03 bits per heavy atom. The molecule has 0 aromatic heterocycles. The maximum atomic E-state index is 13.2. The van der Waals surface area contributed by atoms with E-state index in [0.717, 1.165) is 4.90 Å². The molecule has 1 saturated heterocycles. The molecule has 5 amide bonds. The van der Waals surface area contributed by atoms with E-state index in [9.17, 15) is 19.2 Å². The Morgan fingerprint density at radius 2 is 1.72 bits per heavy atom. The number of hydrogen-bond donors (Lipinski definition) is 2. The van der Waals surface area contributed by atoms with Gasteiger partial charge in [-0.05, 0) is 58.4 Å². The molecule has 3 aromatic carbocycles. The van der Waals surface area contributed by atoms with Crippen LogP contribution in [0.25, 0.3) is 6.08 Å². The Hall–Kier alpha value is -3.47. The number of anilines is 2. The summed E-state index contributed by atoms with van der Waals surface area (Å²) in [5, 5.41) is 5.21. The summed E-state index contributed by atoms with van der Waals surface area (Å²) in [6.07, 6.45) is 1.30. The third-order valence-corrected chi connectivity index (χ3v) is 6.33. The van der Waals surface area contributed by atoms with Gasteiger partial charge in [0.1, 0.15) is 11.3 Å². The van der Waals surface area contributed by atoms with Crippen molar-refractivity contribution >= 4 is 84.7 Å². The zero-order valence-corrected chi connectivity index (χ0v) is 22.2. The quantitative estimate of drug-likeness (QED) is 0.274. The molecule has 0 unspecified atom stereocenters. The van der Waals surface area contributed by atoms with Crippen LogP contribution in [0.15, 0.2) is 81.2 Å². The fraction of sp³-hybridized carbons (Fsp3) is 0.0400. The number of para-hydroxylation sites is 2. The lowest BCUT2D eigenvalue weighted by Gasteiger charge is -2.26. The molecule has 1 aliphatic heterocycles. The molecule has 4 rings (SSSR count). The Balaban J connectivity index is 1.62. The van der Waals surface area contributed by atoms with Gasteiger partial charge in [-0.3, -0.25) is 19.7 Å². The van der Waals surface area contributed by atoms with Crippen LogP contribution >= 0.6 is 43.5 Å². The molecule has 8 nitrogen and oxygen atoms in total. The molecule has 0 atom stereocenters. The Kier molecular flexibility index (Phi) is 7.88. The minimum absolute atomic E-state index is 0.212. The standard InChI is InChI=1S/C25H16Br2ClN3O5/c26-15-10-14(11-17-23(33)30-25(35)31(24(17)34)16-6-2-1-3-7-16)22(18(27)12-15)36-13-21(32)29-20-9-5-4-8-19(20)28/h1-12H,13H2,(H,29,32)(H,30,33,35)/b17-11-. The van der Waals surface area contributed by atoms with Crippen LogP contribution in [0.3, 0.4) is 0 Å². The van der Waals surface area contributed by atoms with Crippen LogP contribution in [-0.2, 0) is 14.4 Å². The van der Waals surface area contributed by atoms with E-state index in [0.29, 0.717) is 30.9 Å². The van der Waals surface area contributed by atoms with E-state index >= 15 is 0 Å². The Morgan fingerprint density at radius 3 is 2.44 bits per heavy atom. The maximum Gasteiger partial charge on any atom is 0.335 e. The topological polar surface area (TPSA) is 105 Å². The molecule has 0 radical (unpaired) electrons. The lowest BCUT2D eigenvalue weighted by atomic mass is 10.1. The summed E-state index contributed by atoms with van der Waals surface area (Å²) >= 11 is 12.8. The highest BCUT2D eigenvalue weighted by molar-refractivity contribution is 9.11. The van der Waals surface area contributed by atoms with Gasteiger partial charge in [-0.2, -0.15) is 0 Å². The van der Waals surface area contributed by atoms with Gasteiger partial charge in [0, 0.05) is 10.0 Å². The van der Waals surface area contributed by atoms with Crippen LogP contribution in [-0.4, -0.2) is 30.4 Å². The summed E-state index contributed by atoms with van der Waals surface area (Å²) in [6, 6.07) is 17.4. The average molecular weight is 634 g/mol. The second kappa shape index (κ2) is 11.1. The zero-order valence-electron chi connectivity index (χ0n) is 18.3. The molecule has 0 spiro atoms. The summed E-state index contributed by atoms with van der Waals surface area (Å²) in [7, 11) is 0. The number of amides is 5. The molecule has 1 fully saturated rings. The normalized spacial score (nSPS) is 14.6. The number of benzene rings is 3. The molecular weight excluding hydrogens is 618 g/mol. The molecule has 1 heterocycles. The number of halogens is 3. The first-order chi connectivity index (χ1) is 17.2. The van der Waals surface area contributed by atoms with Gasteiger partial charge in [0.05, 0.1) is 20.9 Å². The fourth-order valence-electron chi connectivity index (χ4n) is 3.35. The summed E-state index contributed by atoms with van der Waals surface area (Å²) in [6.45, 7) is -0.379. The Bertz CT molecular complexity index is 1410. The summed E-state index contributed by atoms with van der Waals surface area (Å²) < 4.78 is 6.84. The van der Waals surface area contributed by atoms with Crippen molar-refractivity contribution in [2.75, 3.05) is 16.8 Å². The number of ether oxygens (including phenoxy) is 1. The molecule has 0 bridgehead atoms. The van der Waals surface area contributed by atoms with Crippen LogP contribution < -0.4 is 20.3 Å². The largest absolute Gasteiger partial charge is 0.482 e. The monoisotopic (exact) mass is 631 g/mol. The Labute approximate surface area is 227 Å². The van der Waals surface area contributed by atoms with Gasteiger partial charge >= 0.3 is 6.03 Å². The molecule has 0 aliphatic carbocycles. The van der Waals surface area contributed by atoms with Crippen molar-refractivity contribution in [2.24, 2.45) is 0 Å². The number of urea groups is 1. The van der Waals surface area contributed by atoms with E-state index < -0.39 is 23.8 Å². The molecule has 11 heteroatoms. The van der Waals surface area contributed by atoms with Gasteiger partial charge in [-0.15, -0.1) is 0 Å². The van der Waals surface area contributed by atoms with E-state index in [2.05, 4.69) is 42.5 Å². The van der Waals surface area contributed by atoms with Gasteiger partial charge in [0.25, 0.3) is 17.7 Å². The highest BCUT2D eigenvalue weighted by Gasteiger charge is 2.37. The van der Waals surface area contributed by atoms with Gasteiger partial charge < -0.3 is 10.1 Å². The van der Waals surface area contributed by atoms with Crippen molar-refractivity contribution in [1.82, 2.24) is 5.32 Å². The van der Waals surface area contributed by atoms with Crippen molar-refractivity contribution in [3.63, 3.8) is 0 Å². The molecule has 3 aromatic rings. The van der Waals surface area contributed by atoms with Crippen LogP contribution in [0.2, 0.25) is 5.02 Å². The van der Waals surface area contributed by atoms with Crippen molar-refractivity contribution in [1.29, 1.82) is 0 Å². The smallest absolute Gasteiger partial charge is 0.335 e. The first kappa shape index (κ1) is 25.6. The first-order valence-electron chi connectivity index (χ1n) is 10.4. The van der Waals surface area contributed by atoms with E-state index in [-0.39, 0.29) is 17.9 Å². The third kappa shape index (κ3) is 5.67. The SMILES string of the molecule is O=C(COc1c(Br)cc(Br)cc1/C=C1/C(=O)NC(=O)N(c2ccccc2)C1=O)Nc1ccccc1Cl.